The highest BCUT2D eigenvalue weighted by Gasteiger charge is 2.12. The van der Waals surface area contributed by atoms with Crippen molar-refractivity contribution in [2.75, 3.05) is 0 Å². The Hall–Kier alpha value is -1.55. The Morgan fingerprint density at radius 3 is 2.79 bits per heavy atom. The Morgan fingerprint density at radius 2 is 2.11 bits per heavy atom. The summed E-state index contributed by atoms with van der Waals surface area (Å²) in [5.41, 5.74) is 2.18. The van der Waals surface area contributed by atoms with Crippen LogP contribution in [0.1, 0.15) is 51.2 Å². The minimum atomic E-state index is -0.482. The van der Waals surface area contributed by atoms with Gasteiger partial charge in [0.25, 0.3) is 0 Å². The third-order valence-corrected chi connectivity index (χ3v) is 3.36. The van der Waals surface area contributed by atoms with E-state index in [0.29, 0.717) is 12.1 Å². The summed E-state index contributed by atoms with van der Waals surface area (Å²) < 4.78 is 6.88. The highest BCUT2D eigenvalue weighted by atomic mass is 16.4. The van der Waals surface area contributed by atoms with Crippen molar-refractivity contribution < 1.29 is 9.52 Å². The van der Waals surface area contributed by atoms with Crippen LogP contribution in [0.15, 0.2) is 27.4 Å². The van der Waals surface area contributed by atoms with Crippen molar-refractivity contribution in [3.63, 3.8) is 0 Å². The fourth-order valence-corrected chi connectivity index (χ4v) is 2.29. The minimum absolute atomic E-state index is 0.322. The number of aromatic nitrogens is 1. The second-order valence-electron chi connectivity index (χ2n) is 4.90. The predicted octanol–water partition coefficient (Wildman–Crippen LogP) is 3.23. The summed E-state index contributed by atoms with van der Waals surface area (Å²) in [6.07, 6.45) is 3.18. The van der Waals surface area contributed by atoms with Crippen molar-refractivity contribution in [3.8, 4) is 0 Å². The van der Waals surface area contributed by atoms with Crippen LogP contribution in [0.25, 0.3) is 11.1 Å². The van der Waals surface area contributed by atoms with E-state index in [2.05, 4.69) is 6.92 Å². The van der Waals surface area contributed by atoms with E-state index in [4.69, 9.17) is 4.42 Å². The molecule has 1 N–H and O–H groups in total. The molecule has 0 radical (unpaired) electrons. The molecule has 0 aliphatic heterocycles. The molecule has 19 heavy (non-hydrogen) atoms. The molecule has 1 atom stereocenters. The normalized spacial score (nSPS) is 13.0. The molecule has 104 valence electrons. The van der Waals surface area contributed by atoms with E-state index in [0.717, 1.165) is 36.8 Å². The summed E-state index contributed by atoms with van der Waals surface area (Å²) in [7, 11) is 0. The number of nitrogens with zero attached hydrogens (tertiary/aromatic N) is 1. The first-order valence-corrected chi connectivity index (χ1v) is 6.98. The van der Waals surface area contributed by atoms with Crippen LogP contribution in [0.5, 0.6) is 0 Å². The smallest absolute Gasteiger partial charge is 0.408 e. The number of aryl methyl sites for hydroxylation is 1. The fraction of sp³-hybridized carbons (Fsp3) is 0.533. The van der Waals surface area contributed by atoms with Gasteiger partial charge in [-0.15, -0.1) is 0 Å². The molecular weight excluding hydrogens is 242 g/mol. The predicted molar refractivity (Wildman–Crippen MR) is 75.2 cm³/mol. The molecule has 0 aliphatic rings. The van der Waals surface area contributed by atoms with Crippen LogP contribution in [0, 0.1) is 0 Å². The second-order valence-corrected chi connectivity index (χ2v) is 4.90. The maximum Gasteiger partial charge on any atom is 0.419 e. The molecule has 1 aromatic carbocycles. The zero-order valence-corrected chi connectivity index (χ0v) is 11.6. The largest absolute Gasteiger partial charge is 0.419 e. The maximum absolute atomic E-state index is 11.7. The van der Waals surface area contributed by atoms with Gasteiger partial charge in [-0.1, -0.05) is 32.8 Å². The highest BCUT2D eigenvalue weighted by molar-refractivity contribution is 5.73. The van der Waals surface area contributed by atoms with E-state index >= 15 is 0 Å². The highest BCUT2D eigenvalue weighted by Crippen LogP contribution is 2.23. The standard InChI is InChI=1S/C15H21NO3/c1-3-5-6-13(17)11-7-8-12-14(10-11)19-15(18)16(12)9-4-2/h7-8,10,13,17H,3-6,9H2,1-2H3. The van der Waals surface area contributed by atoms with Gasteiger partial charge in [0.2, 0.25) is 0 Å². The molecule has 0 amide bonds. The molecular formula is C15H21NO3. The van der Waals surface area contributed by atoms with Crippen LogP contribution >= 0.6 is 0 Å². The first kappa shape index (κ1) is 13.9. The second kappa shape index (κ2) is 6.06. The summed E-state index contributed by atoms with van der Waals surface area (Å²) in [6.45, 7) is 4.78. The lowest BCUT2D eigenvalue weighted by Crippen LogP contribution is -2.13. The van der Waals surface area contributed by atoms with Crippen molar-refractivity contribution in [2.45, 2.75) is 52.2 Å². The number of rotatable bonds is 6. The third kappa shape index (κ3) is 2.89. The molecule has 2 aromatic rings. The number of benzene rings is 1. The van der Waals surface area contributed by atoms with Gasteiger partial charge in [0, 0.05) is 6.54 Å². The lowest BCUT2D eigenvalue weighted by atomic mass is 10.0. The number of aliphatic hydroxyl groups excluding tert-OH is 1. The Labute approximate surface area is 112 Å². The molecule has 0 spiro atoms. The van der Waals surface area contributed by atoms with Crippen LogP contribution in [0.4, 0.5) is 0 Å². The average molecular weight is 263 g/mol. The van der Waals surface area contributed by atoms with E-state index in [1.54, 1.807) is 10.6 Å². The van der Waals surface area contributed by atoms with Gasteiger partial charge in [0.1, 0.15) is 0 Å². The number of oxazole rings is 1. The Kier molecular flexibility index (Phi) is 4.43. The summed E-state index contributed by atoms with van der Waals surface area (Å²) >= 11 is 0. The lowest BCUT2D eigenvalue weighted by Gasteiger charge is -2.10. The Bertz CT molecular complexity index is 597. The molecule has 1 unspecified atom stereocenters. The molecule has 2 rings (SSSR count). The fourth-order valence-electron chi connectivity index (χ4n) is 2.29. The van der Waals surface area contributed by atoms with Crippen LogP contribution in [-0.4, -0.2) is 9.67 Å². The van der Waals surface area contributed by atoms with Crippen LogP contribution < -0.4 is 5.76 Å². The third-order valence-electron chi connectivity index (χ3n) is 3.36. The summed E-state index contributed by atoms with van der Waals surface area (Å²) in [4.78, 5) is 11.7. The zero-order chi connectivity index (χ0) is 13.8. The van der Waals surface area contributed by atoms with E-state index in [1.807, 2.05) is 19.1 Å². The van der Waals surface area contributed by atoms with Gasteiger partial charge in [-0.25, -0.2) is 4.79 Å². The van der Waals surface area contributed by atoms with Crippen LogP contribution in [-0.2, 0) is 6.54 Å². The van der Waals surface area contributed by atoms with Gasteiger partial charge in [0.05, 0.1) is 11.6 Å². The lowest BCUT2D eigenvalue weighted by molar-refractivity contribution is 0.164. The van der Waals surface area contributed by atoms with E-state index in [1.165, 1.54) is 0 Å². The van der Waals surface area contributed by atoms with Gasteiger partial charge in [0.15, 0.2) is 5.58 Å². The summed E-state index contributed by atoms with van der Waals surface area (Å²) in [6, 6.07) is 5.52. The molecule has 4 heteroatoms. The topological polar surface area (TPSA) is 55.4 Å². The molecule has 1 heterocycles. The van der Waals surface area contributed by atoms with Gasteiger partial charge >= 0.3 is 5.76 Å². The molecule has 4 nitrogen and oxygen atoms in total. The Balaban J connectivity index is 2.34. The Morgan fingerprint density at radius 1 is 1.32 bits per heavy atom. The van der Waals surface area contributed by atoms with Gasteiger partial charge in [-0.3, -0.25) is 4.57 Å². The molecule has 0 bridgehead atoms. The summed E-state index contributed by atoms with van der Waals surface area (Å²) in [5.74, 6) is -0.322. The zero-order valence-electron chi connectivity index (χ0n) is 11.6. The summed E-state index contributed by atoms with van der Waals surface area (Å²) in [5, 5.41) is 10.1. The SMILES string of the molecule is CCCCC(O)c1ccc2c(c1)oc(=O)n2CCC. The number of hydrogen-bond donors (Lipinski definition) is 1. The minimum Gasteiger partial charge on any atom is -0.408 e. The molecule has 0 aliphatic carbocycles. The van der Waals surface area contributed by atoms with Crippen LogP contribution in [0.3, 0.4) is 0 Å². The average Bonchev–Trinajstić information content (AvgIpc) is 2.72. The molecule has 1 aromatic heterocycles. The van der Waals surface area contributed by atoms with Gasteiger partial charge in [-0.2, -0.15) is 0 Å². The first-order valence-electron chi connectivity index (χ1n) is 6.98. The van der Waals surface area contributed by atoms with E-state index in [9.17, 15) is 9.90 Å². The van der Waals surface area contributed by atoms with Crippen molar-refractivity contribution in [3.05, 3.63) is 34.3 Å². The van der Waals surface area contributed by atoms with Crippen molar-refractivity contribution >= 4 is 11.1 Å². The van der Waals surface area contributed by atoms with Gasteiger partial charge in [-0.05, 0) is 30.5 Å². The van der Waals surface area contributed by atoms with Crippen molar-refractivity contribution in [1.29, 1.82) is 0 Å². The van der Waals surface area contributed by atoms with Crippen molar-refractivity contribution in [1.82, 2.24) is 4.57 Å². The van der Waals surface area contributed by atoms with E-state index in [-0.39, 0.29) is 5.76 Å². The van der Waals surface area contributed by atoms with Crippen LogP contribution in [0.2, 0.25) is 0 Å². The molecule has 0 saturated heterocycles. The number of unbranched alkanes of at least 4 members (excludes halogenated alkanes) is 1. The van der Waals surface area contributed by atoms with Gasteiger partial charge < -0.3 is 9.52 Å². The first-order chi connectivity index (χ1) is 9.17. The monoisotopic (exact) mass is 263 g/mol. The van der Waals surface area contributed by atoms with Crippen molar-refractivity contribution in [2.24, 2.45) is 0 Å². The van der Waals surface area contributed by atoms with E-state index < -0.39 is 6.10 Å². The number of aliphatic hydroxyl groups is 1. The number of hydrogen-bond acceptors (Lipinski definition) is 3. The number of fused-ring (bicyclic) bond motifs is 1. The molecule has 0 fully saturated rings. The quantitative estimate of drug-likeness (QED) is 0.870. The maximum atomic E-state index is 11.7. The molecule has 0 saturated carbocycles.